The van der Waals surface area contributed by atoms with Crippen molar-refractivity contribution in [2.24, 2.45) is 0 Å². The van der Waals surface area contributed by atoms with Crippen LogP contribution >= 0.6 is 11.8 Å². The summed E-state index contributed by atoms with van der Waals surface area (Å²) in [6.07, 6.45) is 4.52. The minimum absolute atomic E-state index is 0.874. The van der Waals surface area contributed by atoms with E-state index in [0.717, 1.165) is 28.7 Å². The molecule has 2 heterocycles. The van der Waals surface area contributed by atoms with Crippen LogP contribution in [0.4, 0.5) is 0 Å². The molecular formula is C17H17N3S. The van der Waals surface area contributed by atoms with E-state index in [4.69, 9.17) is 4.98 Å². The van der Waals surface area contributed by atoms with Crippen LogP contribution in [0.15, 0.2) is 60.0 Å². The summed E-state index contributed by atoms with van der Waals surface area (Å²) in [6, 6.07) is 14.5. The molecule has 106 valence electrons. The maximum atomic E-state index is 4.71. The third-order valence-corrected chi connectivity index (χ3v) is 4.25. The number of pyridine rings is 1. The predicted molar refractivity (Wildman–Crippen MR) is 86.4 cm³/mol. The summed E-state index contributed by atoms with van der Waals surface area (Å²) in [5.41, 5.74) is 4.82. The van der Waals surface area contributed by atoms with Crippen molar-refractivity contribution in [3.05, 3.63) is 77.4 Å². The molecule has 0 fully saturated rings. The van der Waals surface area contributed by atoms with E-state index in [-0.39, 0.29) is 0 Å². The molecule has 0 saturated heterocycles. The average Bonchev–Trinajstić information content (AvgIpc) is 2.87. The highest BCUT2D eigenvalue weighted by molar-refractivity contribution is 7.98. The van der Waals surface area contributed by atoms with Crippen LogP contribution in [0.5, 0.6) is 0 Å². The van der Waals surface area contributed by atoms with Gasteiger partial charge in [-0.1, -0.05) is 42.1 Å². The predicted octanol–water partition coefficient (Wildman–Crippen LogP) is 4.00. The van der Waals surface area contributed by atoms with Crippen molar-refractivity contribution in [2.75, 3.05) is 0 Å². The maximum Gasteiger partial charge on any atom is 0.166 e. The minimum atomic E-state index is 0.874. The number of hydrogen-bond donors (Lipinski definition) is 1. The molecule has 0 aliphatic rings. The number of H-pyrrole nitrogens is 1. The van der Waals surface area contributed by atoms with Gasteiger partial charge in [0.1, 0.15) is 0 Å². The Balaban J connectivity index is 1.67. The van der Waals surface area contributed by atoms with Crippen molar-refractivity contribution >= 4 is 11.8 Å². The summed E-state index contributed by atoms with van der Waals surface area (Å²) in [6.45, 7) is 2.09. The van der Waals surface area contributed by atoms with Crippen LogP contribution in [-0.4, -0.2) is 15.0 Å². The van der Waals surface area contributed by atoms with Crippen LogP contribution in [-0.2, 0) is 12.2 Å². The van der Waals surface area contributed by atoms with Gasteiger partial charge in [-0.3, -0.25) is 4.98 Å². The number of hydrogen-bond acceptors (Lipinski definition) is 3. The van der Waals surface area contributed by atoms with Crippen molar-refractivity contribution in [3.8, 4) is 0 Å². The van der Waals surface area contributed by atoms with E-state index in [1.807, 2.05) is 30.6 Å². The summed E-state index contributed by atoms with van der Waals surface area (Å²) in [5, 5.41) is 0.982. The van der Waals surface area contributed by atoms with Gasteiger partial charge in [-0.25, -0.2) is 4.98 Å². The van der Waals surface area contributed by atoms with Crippen molar-refractivity contribution in [2.45, 2.75) is 24.3 Å². The molecule has 3 aromatic rings. The highest BCUT2D eigenvalue weighted by Gasteiger charge is 2.08. The number of benzene rings is 1. The van der Waals surface area contributed by atoms with Crippen molar-refractivity contribution in [3.63, 3.8) is 0 Å². The fourth-order valence-corrected chi connectivity index (χ4v) is 3.02. The first kappa shape index (κ1) is 13.9. The number of aromatic nitrogens is 3. The van der Waals surface area contributed by atoms with Crippen molar-refractivity contribution in [1.82, 2.24) is 15.0 Å². The van der Waals surface area contributed by atoms with Crippen LogP contribution in [0.25, 0.3) is 0 Å². The molecule has 0 saturated carbocycles. The topological polar surface area (TPSA) is 41.6 Å². The third-order valence-electron chi connectivity index (χ3n) is 3.30. The smallest absolute Gasteiger partial charge is 0.166 e. The van der Waals surface area contributed by atoms with Gasteiger partial charge in [-0.05, 0) is 30.2 Å². The second kappa shape index (κ2) is 6.59. The molecule has 0 bridgehead atoms. The molecule has 4 heteroatoms. The largest absolute Gasteiger partial charge is 0.337 e. The van der Waals surface area contributed by atoms with Gasteiger partial charge in [0, 0.05) is 30.3 Å². The fraction of sp³-hybridized carbons (Fsp3) is 0.176. The number of nitrogens with one attached hydrogen (secondary N) is 1. The zero-order valence-corrected chi connectivity index (χ0v) is 12.7. The normalized spacial score (nSPS) is 10.7. The summed E-state index contributed by atoms with van der Waals surface area (Å²) < 4.78 is 0. The number of rotatable bonds is 5. The van der Waals surface area contributed by atoms with Crippen LogP contribution in [0.2, 0.25) is 0 Å². The van der Waals surface area contributed by atoms with E-state index in [2.05, 4.69) is 41.2 Å². The lowest BCUT2D eigenvalue weighted by atomic mass is 10.1. The van der Waals surface area contributed by atoms with Gasteiger partial charge in [-0.2, -0.15) is 0 Å². The van der Waals surface area contributed by atoms with Gasteiger partial charge in [0.05, 0.1) is 5.69 Å². The Hall–Kier alpha value is -2.07. The molecule has 0 amide bonds. The Morgan fingerprint density at radius 2 is 1.76 bits per heavy atom. The quantitative estimate of drug-likeness (QED) is 0.723. The molecule has 0 atom stereocenters. The Morgan fingerprint density at radius 1 is 1.00 bits per heavy atom. The zero-order chi connectivity index (χ0) is 14.5. The number of aromatic amines is 1. The summed E-state index contributed by atoms with van der Waals surface area (Å²) in [4.78, 5) is 12.1. The van der Waals surface area contributed by atoms with Crippen LogP contribution < -0.4 is 0 Å². The minimum Gasteiger partial charge on any atom is -0.337 e. The summed E-state index contributed by atoms with van der Waals surface area (Å²) in [7, 11) is 0. The maximum absolute atomic E-state index is 4.71. The first-order valence-corrected chi connectivity index (χ1v) is 7.91. The lowest BCUT2D eigenvalue weighted by Crippen LogP contribution is -1.90. The molecular weight excluding hydrogens is 278 g/mol. The van der Waals surface area contributed by atoms with Gasteiger partial charge in [0.15, 0.2) is 5.16 Å². The molecule has 0 aliphatic heterocycles. The first-order valence-electron chi connectivity index (χ1n) is 6.92. The van der Waals surface area contributed by atoms with Gasteiger partial charge >= 0.3 is 0 Å². The molecule has 0 aliphatic carbocycles. The highest BCUT2D eigenvalue weighted by Crippen LogP contribution is 2.22. The number of aryl methyl sites for hydroxylation is 1. The molecule has 1 aromatic carbocycles. The van der Waals surface area contributed by atoms with Gasteiger partial charge in [-0.15, -0.1) is 0 Å². The van der Waals surface area contributed by atoms with E-state index in [9.17, 15) is 0 Å². The first-order chi connectivity index (χ1) is 10.3. The Bertz CT molecular complexity index is 693. The van der Waals surface area contributed by atoms with Crippen LogP contribution in [0, 0.1) is 6.92 Å². The highest BCUT2D eigenvalue weighted by atomic mass is 32.2. The summed E-state index contributed by atoms with van der Waals surface area (Å²) in [5.74, 6) is 0.903. The molecule has 3 nitrogen and oxygen atoms in total. The lowest BCUT2D eigenvalue weighted by Gasteiger charge is -1.98. The molecule has 3 rings (SSSR count). The van der Waals surface area contributed by atoms with E-state index in [0.29, 0.717) is 0 Å². The van der Waals surface area contributed by atoms with Gasteiger partial charge in [0.25, 0.3) is 0 Å². The molecule has 1 N–H and O–H groups in total. The second-order valence-electron chi connectivity index (χ2n) is 4.92. The Morgan fingerprint density at radius 3 is 2.52 bits per heavy atom. The lowest BCUT2D eigenvalue weighted by molar-refractivity contribution is 1.01. The molecule has 0 spiro atoms. The van der Waals surface area contributed by atoms with E-state index in [1.165, 1.54) is 11.1 Å². The molecule has 2 aromatic heterocycles. The van der Waals surface area contributed by atoms with E-state index in [1.54, 1.807) is 11.8 Å². The number of thioether (sulfide) groups is 1. The fourth-order valence-electron chi connectivity index (χ4n) is 2.13. The van der Waals surface area contributed by atoms with E-state index >= 15 is 0 Å². The van der Waals surface area contributed by atoms with Crippen LogP contribution in [0.3, 0.4) is 0 Å². The standard InChI is InChI=1S/C17H17N3S/c1-13-16(11-14-5-3-2-4-6-14)20-17(19-13)21-12-15-7-9-18-10-8-15/h2-10H,11-12H2,1H3,(H,19,20). The zero-order valence-electron chi connectivity index (χ0n) is 11.9. The molecule has 0 radical (unpaired) electrons. The van der Waals surface area contributed by atoms with Gasteiger partial charge in [0.2, 0.25) is 0 Å². The van der Waals surface area contributed by atoms with E-state index < -0.39 is 0 Å². The van der Waals surface area contributed by atoms with Crippen LogP contribution in [0.1, 0.15) is 22.5 Å². The SMILES string of the molecule is Cc1[nH]c(SCc2ccncc2)nc1Cc1ccccc1. The van der Waals surface area contributed by atoms with Crippen molar-refractivity contribution in [1.29, 1.82) is 0 Å². The average molecular weight is 295 g/mol. The Kier molecular flexibility index (Phi) is 4.36. The number of nitrogens with zero attached hydrogens (tertiary/aromatic N) is 2. The van der Waals surface area contributed by atoms with Crippen molar-refractivity contribution < 1.29 is 0 Å². The molecule has 21 heavy (non-hydrogen) atoms. The second-order valence-corrected chi connectivity index (χ2v) is 5.88. The molecule has 0 unspecified atom stereocenters. The Labute approximate surface area is 128 Å². The third kappa shape index (κ3) is 3.73. The monoisotopic (exact) mass is 295 g/mol. The summed E-state index contributed by atoms with van der Waals surface area (Å²) >= 11 is 1.72. The van der Waals surface area contributed by atoms with Gasteiger partial charge < -0.3 is 4.98 Å². The number of imidazole rings is 1.